The Bertz CT molecular complexity index is 4310. The molecular weight excluding hydrogens is 1050 g/mol. The van der Waals surface area contributed by atoms with Gasteiger partial charge in [-0.15, -0.1) is 0 Å². The fraction of sp³-hybridized carbons (Fsp3) is 0. The highest BCUT2D eigenvalue weighted by Gasteiger charge is 2.51. The summed E-state index contributed by atoms with van der Waals surface area (Å²) in [6, 6.07) is 114. The molecule has 5 heterocycles. The molecule has 4 aliphatic heterocycles. The third-order valence-electron chi connectivity index (χ3n) is 17.3. The average Bonchev–Trinajstić information content (AvgIpc) is 0.707. The predicted molar refractivity (Wildman–Crippen MR) is 359 cm³/mol. The standard InChI is InChI=1S/C76H52B2N8/c1-9-29-53(30-10-1)81(54-31-11-2-12-32-54)61-49-67-71-69(51-61)85(59-41-21-7-22-42-59)75-73(77(71)63-45-25-27-47-65(63)83(67)57-37-17-5-18-38-57)79-74-76(80-75)86(60-43-23-8-24-44-60)70-52-62(82(55-33-13-3-14-34-55)56-35-15-4-16-36-56)50-68-72(70)78(74)64-46-26-28-48-66(64)84(68)58-39-19-6-20-40-58/h1-52H. The Morgan fingerprint density at radius 3 is 0.802 bits per heavy atom. The van der Waals surface area contributed by atoms with Crippen LogP contribution >= 0.6 is 0 Å². The van der Waals surface area contributed by atoms with Crippen molar-refractivity contribution in [3.8, 4) is 0 Å². The van der Waals surface area contributed by atoms with Gasteiger partial charge >= 0.3 is 0 Å². The highest BCUT2D eigenvalue weighted by atomic mass is 15.3. The van der Waals surface area contributed by atoms with Gasteiger partial charge in [-0.1, -0.05) is 182 Å². The van der Waals surface area contributed by atoms with E-state index in [0.717, 1.165) is 136 Å². The summed E-state index contributed by atoms with van der Waals surface area (Å²) in [7, 11) is 0. The number of para-hydroxylation sites is 10. The highest BCUT2D eigenvalue weighted by Crippen LogP contribution is 2.51. The fourth-order valence-electron chi connectivity index (χ4n) is 13.8. The van der Waals surface area contributed by atoms with E-state index in [1.54, 1.807) is 0 Å². The Morgan fingerprint density at radius 1 is 0.233 bits per heavy atom. The topological polar surface area (TPSA) is 45.2 Å². The van der Waals surface area contributed by atoms with E-state index >= 15 is 0 Å². The van der Waals surface area contributed by atoms with Crippen LogP contribution in [0.2, 0.25) is 0 Å². The minimum absolute atomic E-state index is 0.321. The number of fused-ring (bicyclic) bond motifs is 8. The molecule has 0 amide bonds. The van der Waals surface area contributed by atoms with Crippen LogP contribution in [0.3, 0.4) is 0 Å². The van der Waals surface area contributed by atoms with Gasteiger partial charge in [0.25, 0.3) is 13.4 Å². The molecule has 17 rings (SSSR count). The van der Waals surface area contributed by atoms with Crippen molar-refractivity contribution >= 4 is 149 Å². The fourth-order valence-corrected chi connectivity index (χ4v) is 13.8. The van der Waals surface area contributed by atoms with Crippen LogP contribution in [0.15, 0.2) is 315 Å². The van der Waals surface area contributed by atoms with Gasteiger partial charge in [0.2, 0.25) is 0 Å². The first-order valence-corrected chi connectivity index (χ1v) is 29.4. The quantitative estimate of drug-likeness (QED) is 0.126. The lowest BCUT2D eigenvalue weighted by atomic mass is 9.33. The Morgan fingerprint density at radius 2 is 0.488 bits per heavy atom. The van der Waals surface area contributed by atoms with Crippen molar-refractivity contribution in [3.05, 3.63) is 315 Å². The van der Waals surface area contributed by atoms with Crippen LogP contribution in [0, 0.1) is 0 Å². The van der Waals surface area contributed by atoms with Crippen molar-refractivity contribution in [1.82, 2.24) is 9.97 Å². The number of nitrogens with zero attached hydrogens (tertiary/aromatic N) is 8. The lowest BCUT2D eigenvalue weighted by molar-refractivity contribution is 1.11. The average molecular weight is 1100 g/mol. The molecule has 0 fully saturated rings. The SMILES string of the molecule is c1ccc(N(c2ccccc2)c2cc3c4c(c2)N(c2ccccc2)c2nc5c(nc2B4c2ccccc2N3c2ccccc2)B2c3ccccc3N(c3ccccc3)c3cc(N(c4ccccc4)c4ccccc4)cc(c32)N5c2ccccc2)cc1. The summed E-state index contributed by atoms with van der Waals surface area (Å²) in [5, 5.41) is 0. The van der Waals surface area contributed by atoms with Gasteiger partial charge in [0.05, 0.1) is 22.6 Å². The summed E-state index contributed by atoms with van der Waals surface area (Å²) in [5.41, 5.74) is 23.1. The van der Waals surface area contributed by atoms with Crippen molar-refractivity contribution in [1.29, 1.82) is 0 Å². The van der Waals surface area contributed by atoms with Gasteiger partial charge in [-0.2, -0.15) is 0 Å². The summed E-state index contributed by atoms with van der Waals surface area (Å²) in [6.45, 7) is -0.642. The van der Waals surface area contributed by atoms with Crippen LogP contribution in [0.25, 0.3) is 0 Å². The molecule has 86 heavy (non-hydrogen) atoms. The molecule has 402 valence electrons. The second kappa shape index (κ2) is 20.2. The second-order valence-corrected chi connectivity index (χ2v) is 22.1. The summed E-state index contributed by atoms with van der Waals surface area (Å²) in [4.78, 5) is 27.1. The molecule has 0 spiro atoms. The summed E-state index contributed by atoms with van der Waals surface area (Å²) < 4.78 is 0. The van der Waals surface area contributed by atoms with Gasteiger partial charge in [-0.05, 0) is 155 Å². The van der Waals surface area contributed by atoms with E-state index in [2.05, 4.69) is 345 Å². The van der Waals surface area contributed by atoms with E-state index in [1.165, 1.54) is 0 Å². The van der Waals surface area contributed by atoms with E-state index in [0.29, 0.717) is 0 Å². The molecule has 0 atom stereocenters. The zero-order valence-electron chi connectivity index (χ0n) is 46.8. The third kappa shape index (κ3) is 7.80. The molecule has 8 nitrogen and oxygen atoms in total. The van der Waals surface area contributed by atoms with Crippen molar-refractivity contribution in [3.63, 3.8) is 0 Å². The summed E-state index contributed by atoms with van der Waals surface area (Å²) in [6.07, 6.45) is 0. The maximum Gasteiger partial charge on any atom is 0.277 e. The molecule has 0 unspecified atom stereocenters. The zero-order chi connectivity index (χ0) is 56.7. The minimum Gasteiger partial charge on any atom is -0.311 e. The van der Waals surface area contributed by atoms with Gasteiger partial charge < -0.3 is 19.6 Å². The van der Waals surface area contributed by atoms with E-state index in [9.17, 15) is 0 Å². The van der Waals surface area contributed by atoms with E-state index in [4.69, 9.17) is 9.97 Å². The summed E-state index contributed by atoms with van der Waals surface area (Å²) >= 11 is 0. The first kappa shape index (κ1) is 49.3. The van der Waals surface area contributed by atoms with Gasteiger partial charge in [0.15, 0.2) is 11.6 Å². The van der Waals surface area contributed by atoms with Crippen LogP contribution in [0.1, 0.15) is 0 Å². The summed E-state index contributed by atoms with van der Waals surface area (Å²) in [5.74, 6) is 1.55. The molecule has 12 aromatic carbocycles. The van der Waals surface area contributed by atoms with Crippen LogP contribution in [0.4, 0.5) is 103 Å². The van der Waals surface area contributed by atoms with Crippen molar-refractivity contribution in [2.75, 3.05) is 29.4 Å². The van der Waals surface area contributed by atoms with Crippen LogP contribution in [-0.4, -0.2) is 23.4 Å². The first-order valence-electron chi connectivity index (χ1n) is 29.4. The van der Waals surface area contributed by atoms with Crippen LogP contribution < -0.4 is 62.4 Å². The molecule has 13 aromatic rings. The lowest BCUT2D eigenvalue weighted by Gasteiger charge is -2.46. The minimum atomic E-state index is -0.321. The molecule has 0 saturated heterocycles. The lowest BCUT2D eigenvalue weighted by Crippen LogP contribution is -2.67. The Kier molecular flexibility index (Phi) is 11.6. The number of anilines is 18. The van der Waals surface area contributed by atoms with Gasteiger partial charge in [0.1, 0.15) is 0 Å². The van der Waals surface area contributed by atoms with Crippen LogP contribution in [-0.2, 0) is 0 Å². The highest BCUT2D eigenvalue weighted by molar-refractivity contribution is 7.02. The first-order chi connectivity index (χ1) is 42.7. The van der Waals surface area contributed by atoms with Gasteiger partial charge in [-0.25, -0.2) is 4.98 Å². The number of hydrogen-bond acceptors (Lipinski definition) is 8. The molecule has 10 heteroatoms. The number of hydrogen-bond donors (Lipinski definition) is 0. The number of rotatable bonds is 10. The third-order valence-corrected chi connectivity index (χ3v) is 17.3. The smallest absolute Gasteiger partial charge is 0.277 e. The van der Waals surface area contributed by atoms with E-state index < -0.39 is 0 Å². The van der Waals surface area contributed by atoms with Crippen LogP contribution in [0.5, 0.6) is 0 Å². The Labute approximate surface area is 501 Å². The van der Waals surface area contributed by atoms with Gasteiger partial charge in [-0.3, -0.25) is 14.8 Å². The second-order valence-electron chi connectivity index (χ2n) is 22.1. The Balaban J connectivity index is 0.995. The predicted octanol–water partition coefficient (Wildman–Crippen LogP) is 15.6. The Hall–Kier alpha value is -11.4. The molecule has 4 aliphatic rings. The van der Waals surface area contributed by atoms with Crippen molar-refractivity contribution in [2.45, 2.75) is 0 Å². The maximum absolute atomic E-state index is 6.35. The maximum atomic E-state index is 6.35. The molecule has 0 radical (unpaired) electrons. The number of benzene rings is 12. The monoisotopic (exact) mass is 1100 g/mol. The van der Waals surface area contributed by atoms with Crippen molar-refractivity contribution < 1.29 is 0 Å². The molecule has 1 aromatic heterocycles. The van der Waals surface area contributed by atoms with E-state index in [1.807, 2.05) is 0 Å². The molecular formula is C76H52B2N8. The molecule has 0 aliphatic carbocycles. The van der Waals surface area contributed by atoms with Gasteiger partial charge in [0, 0.05) is 79.6 Å². The molecule has 0 bridgehead atoms. The largest absolute Gasteiger partial charge is 0.311 e. The molecule has 0 saturated carbocycles. The normalized spacial score (nSPS) is 13.0. The zero-order valence-corrected chi connectivity index (χ0v) is 46.8. The number of aromatic nitrogens is 2. The van der Waals surface area contributed by atoms with E-state index in [-0.39, 0.29) is 13.4 Å². The van der Waals surface area contributed by atoms with Crippen molar-refractivity contribution in [2.24, 2.45) is 0 Å². The molecule has 0 N–H and O–H groups in total.